The molecular weight excluding hydrogens is 402 g/mol. The van der Waals surface area contributed by atoms with Crippen LogP contribution in [-0.2, 0) is 17.8 Å². The number of urea groups is 1. The fourth-order valence-electron chi connectivity index (χ4n) is 4.42. The number of amides is 3. The first-order valence-electron chi connectivity index (χ1n) is 11.8. The number of rotatable bonds is 5. The molecule has 2 heterocycles. The zero-order valence-electron chi connectivity index (χ0n) is 19.0. The maximum absolute atomic E-state index is 13.3. The summed E-state index contributed by atoms with van der Waals surface area (Å²) in [5, 5.41) is 3.07. The van der Waals surface area contributed by atoms with Gasteiger partial charge in [0.2, 0.25) is 5.91 Å². The van der Waals surface area contributed by atoms with Gasteiger partial charge in [0.1, 0.15) is 11.9 Å². The van der Waals surface area contributed by atoms with E-state index in [2.05, 4.69) is 43.4 Å². The van der Waals surface area contributed by atoms with Crippen molar-refractivity contribution in [2.75, 3.05) is 24.5 Å². The van der Waals surface area contributed by atoms with Crippen LogP contribution in [0.3, 0.4) is 0 Å². The summed E-state index contributed by atoms with van der Waals surface area (Å²) >= 11 is 0. The molecule has 6 nitrogen and oxygen atoms in total. The predicted octanol–water partition coefficient (Wildman–Crippen LogP) is 4.37. The highest BCUT2D eigenvalue weighted by molar-refractivity contribution is 5.94. The van der Waals surface area contributed by atoms with Crippen molar-refractivity contribution in [3.8, 4) is 5.75 Å². The number of aryl methyl sites for hydroxylation is 1. The van der Waals surface area contributed by atoms with Gasteiger partial charge in [-0.05, 0) is 48.9 Å². The van der Waals surface area contributed by atoms with Crippen molar-refractivity contribution in [3.05, 3.63) is 59.7 Å². The topological polar surface area (TPSA) is 61.9 Å². The molecule has 6 heteroatoms. The Kier molecular flexibility index (Phi) is 6.98. The number of piperidine rings is 1. The van der Waals surface area contributed by atoms with Crippen LogP contribution in [0.5, 0.6) is 5.75 Å². The zero-order chi connectivity index (χ0) is 22.5. The first kappa shape index (κ1) is 22.2. The monoisotopic (exact) mass is 435 g/mol. The lowest BCUT2D eigenvalue weighted by Gasteiger charge is -2.39. The number of nitrogens with one attached hydrogen (secondary N) is 1. The molecule has 2 aliphatic heterocycles. The minimum atomic E-state index is -0.0469. The normalized spacial score (nSPS) is 18.6. The Morgan fingerprint density at radius 1 is 1.00 bits per heavy atom. The first-order chi connectivity index (χ1) is 15.6. The van der Waals surface area contributed by atoms with Crippen LogP contribution in [-0.4, -0.2) is 42.6 Å². The second-order valence-electron chi connectivity index (χ2n) is 8.66. The third-order valence-electron chi connectivity index (χ3n) is 6.56. The van der Waals surface area contributed by atoms with E-state index in [0.29, 0.717) is 39.0 Å². The summed E-state index contributed by atoms with van der Waals surface area (Å²) in [6, 6.07) is 16.1. The van der Waals surface area contributed by atoms with Crippen molar-refractivity contribution in [3.63, 3.8) is 0 Å². The molecule has 1 saturated heterocycles. The van der Waals surface area contributed by atoms with E-state index in [1.54, 1.807) is 0 Å². The summed E-state index contributed by atoms with van der Waals surface area (Å²) < 4.78 is 6.01. The summed E-state index contributed by atoms with van der Waals surface area (Å²) in [7, 11) is 0. The molecule has 0 spiro atoms. The van der Waals surface area contributed by atoms with Gasteiger partial charge in [-0.15, -0.1) is 0 Å². The number of fused-ring (bicyclic) bond motifs is 1. The number of hydrogen-bond donors (Lipinski definition) is 1. The summed E-state index contributed by atoms with van der Waals surface area (Å²) in [5.74, 6) is 0.800. The van der Waals surface area contributed by atoms with Gasteiger partial charge in [0.25, 0.3) is 0 Å². The Morgan fingerprint density at radius 2 is 1.69 bits per heavy atom. The Morgan fingerprint density at radius 3 is 2.38 bits per heavy atom. The number of nitrogens with zero attached hydrogens (tertiary/aromatic N) is 2. The molecule has 0 aromatic heterocycles. The first-order valence-corrected chi connectivity index (χ1v) is 11.8. The highest BCUT2D eigenvalue weighted by Crippen LogP contribution is 2.35. The van der Waals surface area contributed by atoms with Gasteiger partial charge in [-0.2, -0.15) is 0 Å². The lowest BCUT2D eigenvalue weighted by atomic mass is 9.96. The number of carbonyl (C=O) groups is 2. The molecule has 1 atom stereocenters. The van der Waals surface area contributed by atoms with Crippen LogP contribution >= 0.6 is 0 Å². The van der Waals surface area contributed by atoms with Crippen molar-refractivity contribution in [1.82, 2.24) is 10.2 Å². The third-order valence-corrected chi connectivity index (χ3v) is 6.56. The van der Waals surface area contributed by atoms with Crippen LogP contribution in [0, 0.1) is 5.92 Å². The molecule has 1 N–H and O–H groups in total. The Hall–Kier alpha value is -3.02. The van der Waals surface area contributed by atoms with Crippen LogP contribution in [0.2, 0.25) is 0 Å². The number of ether oxygens (including phenoxy) is 1. The van der Waals surface area contributed by atoms with Gasteiger partial charge in [-0.3, -0.25) is 9.69 Å². The van der Waals surface area contributed by atoms with Crippen molar-refractivity contribution in [2.45, 2.75) is 52.2 Å². The number of likely N-dealkylation sites (tertiary alicyclic amines) is 1. The van der Waals surface area contributed by atoms with E-state index >= 15 is 0 Å². The average molecular weight is 436 g/mol. The molecule has 2 aromatic rings. The fraction of sp³-hybridized carbons (Fsp3) is 0.462. The standard InChI is InChI=1S/C26H33N3O3/c1-3-19-9-11-20(12-10-19)17-27-25(30)21-13-15-28(16-14-21)26(31)29-18-22(4-2)32-24-8-6-5-7-23(24)29/h5-12,21-22H,3-4,13-18H2,1-2H3,(H,27,30)/t22-/m1/s1. The zero-order valence-corrected chi connectivity index (χ0v) is 19.0. The van der Waals surface area contributed by atoms with Crippen molar-refractivity contribution >= 4 is 17.6 Å². The van der Waals surface area contributed by atoms with Gasteiger partial charge in [0.15, 0.2) is 0 Å². The molecule has 0 aliphatic carbocycles. The van der Waals surface area contributed by atoms with E-state index in [-0.39, 0.29) is 24.0 Å². The average Bonchev–Trinajstić information content (AvgIpc) is 2.86. The molecule has 0 unspecified atom stereocenters. The molecule has 4 rings (SSSR count). The number of hydrogen-bond acceptors (Lipinski definition) is 3. The Bertz CT molecular complexity index is 936. The molecule has 3 amide bonds. The quantitative estimate of drug-likeness (QED) is 0.758. The van der Waals surface area contributed by atoms with E-state index < -0.39 is 0 Å². The van der Waals surface area contributed by atoms with Crippen LogP contribution in [0.4, 0.5) is 10.5 Å². The minimum Gasteiger partial charge on any atom is -0.486 e. The smallest absolute Gasteiger partial charge is 0.324 e. The maximum Gasteiger partial charge on any atom is 0.324 e. The fourth-order valence-corrected chi connectivity index (χ4v) is 4.42. The van der Waals surface area contributed by atoms with Crippen LogP contribution < -0.4 is 15.0 Å². The number of carbonyl (C=O) groups excluding carboxylic acids is 2. The molecule has 0 bridgehead atoms. The summed E-state index contributed by atoms with van der Waals surface area (Å²) in [5.41, 5.74) is 3.24. The van der Waals surface area contributed by atoms with E-state index in [1.165, 1.54) is 5.56 Å². The molecule has 1 fully saturated rings. The van der Waals surface area contributed by atoms with Gasteiger partial charge in [-0.25, -0.2) is 4.79 Å². The molecule has 2 aliphatic rings. The third kappa shape index (κ3) is 4.90. The second-order valence-corrected chi connectivity index (χ2v) is 8.66. The Labute approximate surface area is 190 Å². The predicted molar refractivity (Wildman–Crippen MR) is 126 cm³/mol. The van der Waals surface area contributed by atoms with Crippen LogP contribution in [0.1, 0.15) is 44.2 Å². The molecule has 170 valence electrons. The highest BCUT2D eigenvalue weighted by Gasteiger charge is 2.34. The highest BCUT2D eigenvalue weighted by atomic mass is 16.5. The SMILES string of the molecule is CCc1ccc(CNC(=O)C2CCN(C(=O)N3C[C@@H](CC)Oc4ccccc43)CC2)cc1. The largest absolute Gasteiger partial charge is 0.486 e. The van der Waals surface area contributed by atoms with Crippen molar-refractivity contribution in [2.24, 2.45) is 5.92 Å². The minimum absolute atomic E-state index is 0.00330. The van der Waals surface area contributed by atoms with E-state index in [1.807, 2.05) is 34.1 Å². The van der Waals surface area contributed by atoms with Crippen molar-refractivity contribution < 1.29 is 14.3 Å². The van der Waals surface area contributed by atoms with Gasteiger partial charge in [-0.1, -0.05) is 50.2 Å². The van der Waals surface area contributed by atoms with E-state index in [4.69, 9.17) is 4.74 Å². The summed E-state index contributed by atoms with van der Waals surface area (Å²) in [4.78, 5) is 29.7. The van der Waals surface area contributed by atoms with E-state index in [0.717, 1.165) is 29.8 Å². The summed E-state index contributed by atoms with van der Waals surface area (Å²) in [6.07, 6.45) is 3.25. The lowest BCUT2D eigenvalue weighted by molar-refractivity contribution is -0.126. The Balaban J connectivity index is 1.31. The lowest BCUT2D eigenvalue weighted by Crippen LogP contribution is -2.52. The number of para-hydroxylation sites is 2. The van der Waals surface area contributed by atoms with Crippen LogP contribution in [0.25, 0.3) is 0 Å². The molecular formula is C26H33N3O3. The molecule has 32 heavy (non-hydrogen) atoms. The van der Waals surface area contributed by atoms with Gasteiger partial charge >= 0.3 is 6.03 Å². The van der Waals surface area contributed by atoms with Crippen molar-refractivity contribution in [1.29, 1.82) is 0 Å². The second kappa shape index (κ2) is 10.1. The number of benzene rings is 2. The summed E-state index contributed by atoms with van der Waals surface area (Å²) in [6.45, 7) is 6.50. The number of anilines is 1. The maximum atomic E-state index is 13.3. The molecule has 0 saturated carbocycles. The van der Waals surface area contributed by atoms with Gasteiger partial charge in [0, 0.05) is 25.6 Å². The molecule has 0 radical (unpaired) electrons. The van der Waals surface area contributed by atoms with E-state index in [9.17, 15) is 9.59 Å². The van der Waals surface area contributed by atoms with Crippen LogP contribution in [0.15, 0.2) is 48.5 Å². The van der Waals surface area contributed by atoms with Gasteiger partial charge < -0.3 is 15.0 Å². The van der Waals surface area contributed by atoms with Gasteiger partial charge in [0.05, 0.1) is 12.2 Å². The molecule has 2 aromatic carbocycles.